The third-order valence-corrected chi connectivity index (χ3v) is 3.23. The van der Waals surface area contributed by atoms with Crippen molar-refractivity contribution >= 4 is 0 Å². The Morgan fingerprint density at radius 3 is 2.63 bits per heavy atom. The highest BCUT2D eigenvalue weighted by Crippen LogP contribution is 2.21. The van der Waals surface area contributed by atoms with Gasteiger partial charge in [0.2, 0.25) is 0 Å². The van der Waals surface area contributed by atoms with Gasteiger partial charge in [-0.15, -0.1) is 0 Å². The summed E-state index contributed by atoms with van der Waals surface area (Å²) in [7, 11) is 0. The molecule has 2 aromatic rings. The van der Waals surface area contributed by atoms with Gasteiger partial charge in [-0.25, -0.2) is 4.39 Å². The lowest BCUT2D eigenvalue weighted by atomic mass is 9.96. The molecule has 1 unspecified atom stereocenters. The summed E-state index contributed by atoms with van der Waals surface area (Å²) in [5.41, 5.74) is 3.32. The van der Waals surface area contributed by atoms with Crippen molar-refractivity contribution in [2.24, 2.45) is 0 Å². The SMILES string of the molecule is CCNC(C)c1ccc(F)cc1Cc1ccncc1. The first-order valence-electron chi connectivity index (χ1n) is 6.61. The van der Waals surface area contributed by atoms with E-state index in [-0.39, 0.29) is 11.9 Å². The van der Waals surface area contributed by atoms with Crippen molar-refractivity contribution in [3.8, 4) is 0 Å². The Bertz CT molecular complexity index is 526. The maximum absolute atomic E-state index is 13.5. The van der Waals surface area contributed by atoms with Crippen molar-refractivity contribution in [2.45, 2.75) is 26.3 Å². The average Bonchev–Trinajstić information content (AvgIpc) is 2.40. The topological polar surface area (TPSA) is 24.9 Å². The number of nitrogens with one attached hydrogen (secondary N) is 1. The van der Waals surface area contributed by atoms with Crippen molar-refractivity contribution in [1.29, 1.82) is 0 Å². The summed E-state index contributed by atoms with van der Waals surface area (Å²) in [6, 6.07) is 9.18. The minimum absolute atomic E-state index is 0.184. The molecule has 19 heavy (non-hydrogen) atoms. The number of aromatic nitrogens is 1. The van der Waals surface area contributed by atoms with E-state index in [1.807, 2.05) is 18.2 Å². The van der Waals surface area contributed by atoms with Gasteiger partial charge in [0.25, 0.3) is 0 Å². The van der Waals surface area contributed by atoms with Gasteiger partial charge in [-0.05, 0) is 60.8 Å². The molecule has 2 rings (SSSR count). The molecular formula is C16H19FN2. The summed E-state index contributed by atoms with van der Waals surface area (Å²) < 4.78 is 13.5. The van der Waals surface area contributed by atoms with Crippen LogP contribution in [-0.4, -0.2) is 11.5 Å². The maximum atomic E-state index is 13.5. The summed E-state index contributed by atoms with van der Waals surface area (Å²) in [6.45, 7) is 5.07. The zero-order valence-corrected chi connectivity index (χ0v) is 11.4. The molecule has 1 N–H and O–H groups in total. The molecule has 1 heterocycles. The molecule has 2 nitrogen and oxygen atoms in total. The van der Waals surface area contributed by atoms with Gasteiger partial charge >= 0.3 is 0 Å². The molecule has 0 aliphatic heterocycles. The molecule has 1 atom stereocenters. The first-order valence-corrected chi connectivity index (χ1v) is 6.61. The van der Waals surface area contributed by atoms with Crippen LogP contribution in [0.2, 0.25) is 0 Å². The molecule has 0 aliphatic rings. The molecule has 0 radical (unpaired) electrons. The zero-order chi connectivity index (χ0) is 13.7. The predicted molar refractivity (Wildman–Crippen MR) is 75.5 cm³/mol. The normalized spacial score (nSPS) is 12.4. The Morgan fingerprint density at radius 2 is 1.95 bits per heavy atom. The van der Waals surface area contributed by atoms with Gasteiger partial charge in [0.15, 0.2) is 0 Å². The quantitative estimate of drug-likeness (QED) is 0.888. The Balaban J connectivity index is 2.29. The summed E-state index contributed by atoms with van der Waals surface area (Å²) in [5.74, 6) is -0.184. The van der Waals surface area contributed by atoms with Gasteiger partial charge in [-0.3, -0.25) is 4.98 Å². The summed E-state index contributed by atoms with van der Waals surface area (Å²) in [5, 5.41) is 3.37. The largest absolute Gasteiger partial charge is 0.310 e. The summed E-state index contributed by atoms with van der Waals surface area (Å²) in [6.07, 6.45) is 4.26. The van der Waals surface area contributed by atoms with Crippen LogP contribution < -0.4 is 5.32 Å². The molecule has 0 saturated carbocycles. The van der Waals surface area contributed by atoms with Crippen LogP contribution in [0.3, 0.4) is 0 Å². The first-order chi connectivity index (χ1) is 9.20. The Labute approximate surface area is 113 Å². The van der Waals surface area contributed by atoms with Crippen molar-refractivity contribution in [3.63, 3.8) is 0 Å². The lowest BCUT2D eigenvalue weighted by Crippen LogP contribution is -2.19. The lowest BCUT2D eigenvalue weighted by Gasteiger charge is -2.17. The molecule has 1 aromatic heterocycles. The molecule has 100 valence electrons. The molecule has 0 amide bonds. The van der Waals surface area contributed by atoms with Gasteiger partial charge in [0.05, 0.1) is 0 Å². The highest BCUT2D eigenvalue weighted by atomic mass is 19.1. The highest BCUT2D eigenvalue weighted by molar-refractivity contribution is 5.34. The van der Waals surface area contributed by atoms with E-state index in [2.05, 4.69) is 24.1 Å². The minimum Gasteiger partial charge on any atom is -0.310 e. The standard InChI is InChI=1S/C16H19FN2/c1-3-19-12(2)16-5-4-15(17)11-14(16)10-13-6-8-18-9-7-13/h4-9,11-12,19H,3,10H2,1-2H3. The fraction of sp³-hybridized carbons (Fsp3) is 0.312. The van der Waals surface area contributed by atoms with Gasteiger partial charge in [-0.2, -0.15) is 0 Å². The maximum Gasteiger partial charge on any atom is 0.123 e. The summed E-state index contributed by atoms with van der Waals surface area (Å²) >= 11 is 0. The number of rotatable bonds is 5. The predicted octanol–water partition coefficient (Wildman–Crippen LogP) is 3.48. The molecule has 1 aromatic carbocycles. The van der Waals surface area contributed by atoms with Gasteiger partial charge in [-0.1, -0.05) is 13.0 Å². The van der Waals surface area contributed by atoms with Crippen LogP contribution in [0.25, 0.3) is 0 Å². The van der Waals surface area contributed by atoms with Gasteiger partial charge in [0.1, 0.15) is 5.82 Å². The van der Waals surface area contributed by atoms with Crippen LogP contribution >= 0.6 is 0 Å². The van der Waals surface area contributed by atoms with Crippen LogP contribution in [-0.2, 0) is 6.42 Å². The van der Waals surface area contributed by atoms with Crippen molar-refractivity contribution in [1.82, 2.24) is 10.3 Å². The monoisotopic (exact) mass is 258 g/mol. The van der Waals surface area contributed by atoms with Gasteiger partial charge < -0.3 is 5.32 Å². The van der Waals surface area contributed by atoms with Crippen LogP contribution in [0, 0.1) is 5.82 Å². The number of halogens is 1. The van der Waals surface area contributed by atoms with E-state index in [4.69, 9.17) is 0 Å². The van der Waals surface area contributed by atoms with E-state index in [0.29, 0.717) is 0 Å². The van der Waals surface area contributed by atoms with E-state index in [9.17, 15) is 4.39 Å². The minimum atomic E-state index is -0.184. The van der Waals surface area contributed by atoms with Crippen molar-refractivity contribution in [3.05, 3.63) is 65.2 Å². The number of benzene rings is 1. The fourth-order valence-electron chi connectivity index (χ4n) is 2.29. The van der Waals surface area contributed by atoms with E-state index in [1.165, 1.54) is 6.07 Å². The lowest BCUT2D eigenvalue weighted by molar-refractivity contribution is 0.586. The third-order valence-electron chi connectivity index (χ3n) is 3.23. The van der Waals surface area contributed by atoms with Crippen LogP contribution in [0.1, 0.15) is 36.6 Å². The van der Waals surface area contributed by atoms with E-state index in [0.717, 1.165) is 29.7 Å². The molecule has 0 fully saturated rings. The highest BCUT2D eigenvalue weighted by Gasteiger charge is 2.11. The first kappa shape index (κ1) is 13.7. The average molecular weight is 258 g/mol. The van der Waals surface area contributed by atoms with E-state index in [1.54, 1.807) is 18.5 Å². The number of hydrogen-bond donors (Lipinski definition) is 1. The van der Waals surface area contributed by atoms with Crippen molar-refractivity contribution in [2.75, 3.05) is 6.54 Å². The van der Waals surface area contributed by atoms with Crippen molar-refractivity contribution < 1.29 is 4.39 Å². The Kier molecular flexibility index (Phi) is 4.63. The molecule has 0 bridgehead atoms. The molecule has 0 spiro atoms. The molecule has 3 heteroatoms. The number of pyridine rings is 1. The Morgan fingerprint density at radius 1 is 1.21 bits per heavy atom. The second-order valence-electron chi connectivity index (χ2n) is 4.65. The number of hydrogen-bond acceptors (Lipinski definition) is 2. The van der Waals surface area contributed by atoms with E-state index < -0.39 is 0 Å². The number of nitrogens with zero attached hydrogens (tertiary/aromatic N) is 1. The third kappa shape index (κ3) is 3.61. The Hall–Kier alpha value is -1.74. The van der Waals surface area contributed by atoms with Gasteiger partial charge in [0, 0.05) is 18.4 Å². The molecule has 0 aliphatic carbocycles. The molecule has 0 saturated heterocycles. The second-order valence-corrected chi connectivity index (χ2v) is 4.65. The smallest absolute Gasteiger partial charge is 0.123 e. The van der Waals surface area contributed by atoms with Crippen LogP contribution in [0.5, 0.6) is 0 Å². The summed E-state index contributed by atoms with van der Waals surface area (Å²) in [4.78, 5) is 4.01. The second kappa shape index (κ2) is 6.43. The fourth-order valence-corrected chi connectivity index (χ4v) is 2.29. The van der Waals surface area contributed by atoms with Crippen LogP contribution in [0.15, 0.2) is 42.7 Å². The van der Waals surface area contributed by atoms with Crippen LogP contribution in [0.4, 0.5) is 4.39 Å². The molecular weight excluding hydrogens is 239 g/mol. The van der Waals surface area contributed by atoms with E-state index >= 15 is 0 Å². The zero-order valence-electron chi connectivity index (χ0n) is 11.4.